The number of carboxylic acid groups (broad SMARTS) is 1. The van der Waals surface area contributed by atoms with Crippen LogP contribution in [0.5, 0.6) is 0 Å². The number of aliphatic carboxylic acids is 1. The first-order valence-corrected chi connectivity index (χ1v) is 3.86. The average molecular weight is 158 g/mol. The zero-order chi connectivity index (χ0) is 7.40. The molecule has 0 aromatic carbocycles. The first kappa shape index (κ1) is 7.47. The SMILES string of the molecule is O=C(O)CCN1[CH]SC=C1. The van der Waals surface area contributed by atoms with Gasteiger partial charge in [-0.25, -0.2) is 0 Å². The molecule has 0 atom stereocenters. The second kappa shape index (κ2) is 3.51. The third-order valence-electron chi connectivity index (χ3n) is 1.11. The quantitative estimate of drug-likeness (QED) is 0.667. The lowest BCUT2D eigenvalue weighted by Crippen LogP contribution is -2.14. The zero-order valence-electron chi connectivity index (χ0n) is 5.36. The van der Waals surface area contributed by atoms with Gasteiger partial charge in [0, 0.05) is 12.7 Å². The lowest BCUT2D eigenvalue weighted by molar-refractivity contribution is -0.137. The molecule has 0 spiro atoms. The van der Waals surface area contributed by atoms with Crippen LogP contribution in [0.2, 0.25) is 0 Å². The number of carboxylic acids is 1. The molecule has 0 aliphatic carbocycles. The molecular weight excluding hydrogens is 150 g/mol. The molecule has 1 radical (unpaired) electrons. The van der Waals surface area contributed by atoms with Crippen LogP contribution in [0.15, 0.2) is 11.6 Å². The summed E-state index contributed by atoms with van der Waals surface area (Å²) in [4.78, 5) is 11.9. The first-order valence-electron chi connectivity index (χ1n) is 2.92. The van der Waals surface area contributed by atoms with Crippen LogP contribution in [0.3, 0.4) is 0 Å². The third-order valence-corrected chi connectivity index (χ3v) is 1.78. The summed E-state index contributed by atoms with van der Waals surface area (Å²) in [5.74, 6) is 1.14. The van der Waals surface area contributed by atoms with Crippen LogP contribution in [0.25, 0.3) is 0 Å². The number of thioether (sulfide) groups is 1. The Morgan fingerprint density at radius 3 is 3.00 bits per heavy atom. The van der Waals surface area contributed by atoms with Crippen LogP contribution < -0.4 is 0 Å². The van der Waals surface area contributed by atoms with Crippen molar-refractivity contribution in [1.82, 2.24) is 4.90 Å². The molecule has 4 heteroatoms. The highest BCUT2D eigenvalue weighted by Crippen LogP contribution is 2.19. The molecule has 10 heavy (non-hydrogen) atoms. The minimum Gasteiger partial charge on any atom is -0.481 e. The van der Waals surface area contributed by atoms with Gasteiger partial charge in [0.25, 0.3) is 0 Å². The Morgan fingerprint density at radius 2 is 2.50 bits per heavy atom. The molecule has 0 bridgehead atoms. The largest absolute Gasteiger partial charge is 0.481 e. The number of nitrogens with zero attached hydrogens (tertiary/aromatic N) is 1. The Hall–Kier alpha value is -0.640. The summed E-state index contributed by atoms with van der Waals surface area (Å²) >= 11 is 1.56. The monoisotopic (exact) mass is 158 g/mol. The molecular formula is C6H8NO2S. The second-order valence-electron chi connectivity index (χ2n) is 1.91. The van der Waals surface area contributed by atoms with Crippen LogP contribution in [0, 0.1) is 5.88 Å². The highest BCUT2D eigenvalue weighted by Gasteiger charge is 2.06. The van der Waals surface area contributed by atoms with Gasteiger partial charge < -0.3 is 10.0 Å². The van der Waals surface area contributed by atoms with E-state index in [4.69, 9.17) is 5.11 Å². The number of carbonyl (C=O) groups is 1. The maximum absolute atomic E-state index is 10.1. The first-order chi connectivity index (χ1) is 4.79. The molecule has 1 rings (SSSR count). The van der Waals surface area contributed by atoms with Crippen molar-refractivity contribution in [2.75, 3.05) is 6.54 Å². The second-order valence-corrected chi connectivity index (χ2v) is 2.66. The van der Waals surface area contributed by atoms with Gasteiger partial charge in [0.05, 0.1) is 6.42 Å². The van der Waals surface area contributed by atoms with Crippen LogP contribution in [0.4, 0.5) is 0 Å². The van der Waals surface area contributed by atoms with E-state index in [9.17, 15) is 4.79 Å². The molecule has 0 amide bonds. The lowest BCUT2D eigenvalue weighted by atomic mass is 10.4. The summed E-state index contributed by atoms with van der Waals surface area (Å²) < 4.78 is 0. The van der Waals surface area contributed by atoms with Crippen LogP contribution in [0.1, 0.15) is 6.42 Å². The molecule has 1 aliphatic rings. The van der Waals surface area contributed by atoms with E-state index in [1.165, 1.54) is 0 Å². The lowest BCUT2D eigenvalue weighted by Gasteiger charge is -2.10. The van der Waals surface area contributed by atoms with Crippen molar-refractivity contribution in [1.29, 1.82) is 0 Å². The standard InChI is InChI=1S/C6H8NO2S/c8-6(9)1-2-7-3-4-10-5-7/h3-5H,1-2H2,(H,8,9). The fourth-order valence-electron chi connectivity index (χ4n) is 0.614. The van der Waals surface area contributed by atoms with E-state index in [0.717, 1.165) is 0 Å². The van der Waals surface area contributed by atoms with Crippen molar-refractivity contribution in [2.24, 2.45) is 0 Å². The Morgan fingerprint density at radius 1 is 1.70 bits per heavy atom. The van der Waals surface area contributed by atoms with Crippen molar-refractivity contribution < 1.29 is 9.90 Å². The molecule has 0 aromatic heterocycles. The normalized spacial score (nSPS) is 16.2. The van der Waals surface area contributed by atoms with Gasteiger partial charge in [-0.15, -0.1) is 11.8 Å². The van der Waals surface area contributed by atoms with Gasteiger partial charge in [-0.3, -0.25) is 4.79 Å². The van der Waals surface area contributed by atoms with Crippen molar-refractivity contribution in [3.8, 4) is 0 Å². The summed E-state index contributed by atoms with van der Waals surface area (Å²) in [6, 6.07) is 0. The molecule has 1 heterocycles. The van der Waals surface area contributed by atoms with Crippen LogP contribution in [-0.2, 0) is 4.79 Å². The maximum atomic E-state index is 10.1. The van der Waals surface area contributed by atoms with Gasteiger partial charge in [0.15, 0.2) is 0 Å². The predicted octanol–water partition coefficient (Wildman–Crippen LogP) is 1.10. The third kappa shape index (κ3) is 2.31. The van der Waals surface area contributed by atoms with Crippen molar-refractivity contribution in [2.45, 2.75) is 6.42 Å². The summed E-state index contributed by atoms with van der Waals surface area (Å²) in [6.07, 6.45) is 2.06. The average Bonchev–Trinajstić information content (AvgIpc) is 2.34. The predicted molar refractivity (Wildman–Crippen MR) is 40.0 cm³/mol. The van der Waals surface area contributed by atoms with Gasteiger partial charge in [-0.05, 0) is 5.41 Å². The Bertz CT molecular complexity index is 158. The molecule has 55 valence electrons. The topological polar surface area (TPSA) is 40.5 Å². The van der Waals surface area contributed by atoms with Crippen molar-refractivity contribution in [3.63, 3.8) is 0 Å². The zero-order valence-corrected chi connectivity index (χ0v) is 6.17. The molecule has 1 aliphatic heterocycles. The smallest absolute Gasteiger partial charge is 0.305 e. The fourth-order valence-corrected chi connectivity index (χ4v) is 1.24. The van der Waals surface area contributed by atoms with E-state index in [1.807, 2.05) is 22.4 Å². The fraction of sp³-hybridized carbons (Fsp3) is 0.333. The van der Waals surface area contributed by atoms with Gasteiger partial charge in [-0.2, -0.15) is 0 Å². The Kier molecular flexibility index (Phi) is 2.62. The summed E-state index contributed by atoms with van der Waals surface area (Å²) in [5.41, 5.74) is 0. The highest BCUT2D eigenvalue weighted by atomic mass is 32.2. The summed E-state index contributed by atoms with van der Waals surface area (Å²) in [5, 5.41) is 10.2. The molecule has 0 saturated carbocycles. The van der Waals surface area contributed by atoms with Gasteiger partial charge in [-0.1, -0.05) is 0 Å². The van der Waals surface area contributed by atoms with Crippen LogP contribution >= 0.6 is 11.8 Å². The van der Waals surface area contributed by atoms with E-state index >= 15 is 0 Å². The number of rotatable bonds is 3. The molecule has 0 fully saturated rings. The molecule has 0 saturated heterocycles. The summed E-state index contributed by atoms with van der Waals surface area (Å²) in [6.45, 7) is 0.568. The van der Waals surface area contributed by atoms with Gasteiger partial charge in [0.1, 0.15) is 5.88 Å². The van der Waals surface area contributed by atoms with E-state index in [-0.39, 0.29) is 6.42 Å². The molecule has 1 N–H and O–H groups in total. The van der Waals surface area contributed by atoms with Crippen LogP contribution in [-0.4, -0.2) is 22.5 Å². The Balaban J connectivity index is 2.13. The minimum absolute atomic E-state index is 0.196. The highest BCUT2D eigenvalue weighted by molar-refractivity contribution is 8.04. The molecule has 0 unspecified atom stereocenters. The maximum Gasteiger partial charge on any atom is 0.305 e. The number of hydrogen-bond acceptors (Lipinski definition) is 3. The number of hydrogen-bond donors (Lipinski definition) is 1. The van der Waals surface area contributed by atoms with E-state index in [0.29, 0.717) is 6.54 Å². The van der Waals surface area contributed by atoms with E-state index < -0.39 is 5.97 Å². The van der Waals surface area contributed by atoms with E-state index in [2.05, 4.69) is 0 Å². The van der Waals surface area contributed by atoms with Crippen molar-refractivity contribution in [3.05, 3.63) is 17.5 Å². The minimum atomic E-state index is -0.751. The van der Waals surface area contributed by atoms with E-state index in [1.54, 1.807) is 11.8 Å². The van der Waals surface area contributed by atoms with Crippen molar-refractivity contribution >= 4 is 17.7 Å². The van der Waals surface area contributed by atoms with Gasteiger partial charge in [0.2, 0.25) is 0 Å². The molecule has 0 aromatic rings. The summed E-state index contributed by atoms with van der Waals surface area (Å²) in [7, 11) is 0. The van der Waals surface area contributed by atoms with Gasteiger partial charge >= 0.3 is 5.97 Å². The Labute approximate surface area is 63.7 Å². The molecule has 3 nitrogen and oxygen atoms in total.